The van der Waals surface area contributed by atoms with E-state index in [4.69, 9.17) is 11.6 Å². The second-order valence-electron chi connectivity index (χ2n) is 4.68. The average Bonchev–Trinajstić information content (AvgIpc) is 2.31. The highest BCUT2D eigenvalue weighted by atomic mass is 79.9. The van der Waals surface area contributed by atoms with Gasteiger partial charge in [-0.2, -0.15) is 0 Å². The molecule has 1 atom stereocenters. The third kappa shape index (κ3) is 3.37. The predicted molar refractivity (Wildman–Crippen MR) is 82.7 cm³/mol. The smallest absolute Gasteiger partial charge is 0.0438 e. The molecular weight excluding hydrogens is 308 g/mol. The van der Waals surface area contributed by atoms with Crippen LogP contribution in [0.4, 0.5) is 0 Å². The van der Waals surface area contributed by atoms with Crippen molar-refractivity contribution >= 4 is 27.5 Å². The van der Waals surface area contributed by atoms with Gasteiger partial charge in [-0.3, -0.25) is 0 Å². The van der Waals surface area contributed by atoms with E-state index in [0.717, 1.165) is 11.4 Å². The van der Waals surface area contributed by atoms with E-state index in [0.29, 0.717) is 4.83 Å². The van der Waals surface area contributed by atoms with Crippen LogP contribution in [0.15, 0.2) is 42.5 Å². The zero-order chi connectivity index (χ0) is 13.1. The fraction of sp³-hybridized carbons (Fsp3) is 0.250. The molecule has 1 unspecified atom stereocenters. The summed E-state index contributed by atoms with van der Waals surface area (Å²) in [4.78, 5) is 0.302. The van der Waals surface area contributed by atoms with E-state index < -0.39 is 0 Å². The summed E-state index contributed by atoms with van der Waals surface area (Å²) in [5, 5.41) is 0.839. The van der Waals surface area contributed by atoms with Crippen molar-refractivity contribution in [1.29, 1.82) is 0 Å². The molecule has 2 aromatic carbocycles. The van der Waals surface area contributed by atoms with Gasteiger partial charge < -0.3 is 0 Å². The van der Waals surface area contributed by atoms with Gasteiger partial charge in [0.1, 0.15) is 0 Å². The molecule has 0 bridgehead atoms. The lowest BCUT2D eigenvalue weighted by atomic mass is 10.0. The van der Waals surface area contributed by atoms with Crippen molar-refractivity contribution < 1.29 is 0 Å². The Morgan fingerprint density at radius 3 is 2.28 bits per heavy atom. The van der Waals surface area contributed by atoms with Crippen LogP contribution in [0.3, 0.4) is 0 Å². The quantitative estimate of drug-likeness (QED) is 0.642. The zero-order valence-electron chi connectivity index (χ0n) is 10.6. The van der Waals surface area contributed by atoms with Crippen molar-refractivity contribution in [2.75, 3.05) is 0 Å². The third-order valence-corrected chi connectivity index (χ3v) is 4.18. The van der Waals surface area contributed by atoms with Crippen LogP contribution >= 0.6 is 27.5 Å². The Hall–Kier alpha value is -0.790. The van der Waals surface area contributed by atoms with Gasteiger partial charge in [0, 0.05) is 9.85 Å². The van der Waals surface area contributed by atoms with Gasteiger partial charge in [-0.05, 0) is 37.5 Å². The van der Waals surface area contributed by atoms with Crippen molar-refractivity contribution in [1.82, 2.24) is 0 Å². The highest BCUT2D eigenvalue weighted by molar-refractivity contribution is 9.09. The molecular formula is C16H16BrCl. The highest BCUT2D eigenvalue weighted by Gasteiger charge is 2.11. The molecule has 0 aliphatic heterocycles. The topological polar surface area (TPSA) is 0 Å². The fourth-order valence-corrected chi connectivity index (χ4v) is 2.99. The predicted octanol–water partition coefficient (Wildman–Crippen LogP) is 5.64. The summed E-state index contributed by atoms with van der Waals surface area (Å²) in [5.74, 6) is 0. The molecule has 0 aromatic heterocycles. The van der Waals surface area contributed by atoms with Crippen LogP contribution in [-0.2, 0) is 6.42 Å². The summed E-state index contributed by atoms with van der Waals surface area (Å²) in [6.45, 7) is 4.26. The fourth-order valence-electron chi connectivity index (χ4n) is 2.17. The molecule has 18 heavy (non-hydrogen) atoms. The lowest BCUT2D eigenvalue weighted by molar-refractivity contribution is 0.945. The molecule has 2 aromatic rings. The molecule has 0 aliphatic carbocycles. The van der Waals surface area contributed by atoms with Gasteiger partial charge in [-0.1, -0.05) is 75.1 Å². The molecule has 0 saturated carbocycles. The second kappa shape index (κ2) is 5.90. The molecule has 94 valence electrons. The Balaban J connectivity index is 2.22. The average molecular weight is 324 g/mol. The summed E-state index contributed by atoms with van der Waals surface area (Å²) in [7, 11) is 0. The van der Waals surface area contributed by atoms with E-state index in [-0.39, 0.29) is 0 Å². The number of aryl methyl sites for hydroxylation is 2. The number of halogens is 2. The van der Waals surface area contributed by atoms with Crippen LogP contribution < -0.4 is 0 Å². The molecule has 0 N–H and O–H groups in total. The van der Waals surface area contributed by atoms with Crippen LogP contribution in [0.5, 0.6) is 0 Å². The van der Waals surface area contributed by atoms with Gasteiger partial charge in [0.05, 0.1) is 0 Å². The summed E-state index contributed by atoms with van der Waals surface area (Å²) in [5.41, 5.74) is 5.09. The van der Waals surface area contributed by atoms with Crippen LogP contribution in [0.2, 0.25) is 5.02 Å². The van der Waals surface area contributed by atoms with Gasteiger partial charge >= 0.3 is 0 Å². The first-order chi connectivity index (χ1) is 8.56. The number of benzene rings is 2. The van der Waals surface area contributed by atoms with E-state index >= 15 is 0 Å². The molecule has 2 rings (SSSR count). The Morgan fingerprint density at radius 2 is 1.67 bits per heavy atom. The molecule has 0 amide bonds. The molecule has 0 heterocycles. The van der Waals surface area contributed by atoms with Crippen molar-refractivity contribution in [3.05, 3.63) is 69.7 Å². The maximum atomic E-state index is 6.20. The van der Waals surface area contributed by atoms with Crippen LogP contribution in [0.1, 0.15) is 27.1 Å². The van der Waals surface area contributed by atoms with E-state index in [9.17, 15) is 0 Å². The van der Waals surface area contributed by atoms with Crippen LogP contribution in [-0.4, -0.2) is 0 Å². The van der Waals surface area contributed by atoms with Crippen molar-refractivity contribution in [3.8, 4) is 0 Å². The highest BCUT2D eigenvalue weighted by Crippen LogP contribution is 2.30. The Kier molecular flexibility index (Phi) is 4.47. The van der Waals surface area contributed by atoms with Gasteiger partial charge in [-0.25, -0.2) is 0 Å². The zero-order valence-corrected chi connectivity index (χ0v) is 12.9. The third-order valence-electron chi connectivity index (χ3n) is 2.96. The largest absolute Gasteiger partial charge is 0.0840 e. The first kappa shape index (κ1) is 13.6. The monoisotopic (exact) mass is 322 g/mol. The maximum Gasteiger partial charge on any atom is 0.0438 e. The van der Waals surface area contributed by atoms with Gasteiger partial charge in [0.25, 0.3) is 0 Å². The van der Waals surface area contributed by atoms with Crippen molar-refractivity contribution in [3.63, 3.8) is 0 Å². The Morgan fingerprint density at radius 1 is 1.06 bits per heavy atom. The van der Waals surface area contributed by atoms with E-state index in [1.807, 2.05) is 18.2 Å². The molecule has 0 fully saturated rings. The lowest BCUT2D eigenvalue weighted by Crippen LogP contribution is -1.97. The van der Waals surface area contributed by atoms with Crippen LogP contribution in [0.25, 0.3) is 0 Å². The second-order valence-corrected chi connectivity index (χ2v) is 6.20. The van der Waals surface area contributed by atoms with E-state index in [2.05, 4.69) is 54.0 Å². The number of hydrogen-bond donors (Lipinski definition) is 0. The van der Waals surface area contributed by atoms with Crippen molar-refractivity contribution in [2.45, 2.75) is 25.1 Å². The molecule has 0 spiro atoms. The summed E-state index contributed by atoms with van der Waals surface area (Å²) < 4.78 is 0. The number of alkyl halides is 1. The van der Waals surface area contributed by atoms with Gasteiger partial charge in [0.15, 0.2) is 0 Å². The first-order valence-electron chi connectivity index (χ1n) is 6.02. The minimum atomic E-state index is 0.302. The van der Waals surface area contributed by atoms with Crippen LogP contribution in [0, 0.1) is 13.8 Å². The minimum Gasteiger partial charge on any atom is -0.0840 e. The van der Waals surface area contributed by atoms with Gasteiger partial charge in [-0.15, -0.1) is 0 Å². The maximum absolute atomic E-state index is 6.20. The van der Waals surface area contributed by atoms with E-state index in [1.165, 1.54) is 22.3 Å². The standard InChI is InChI=1S/C16H16BrCl/c1-11-7-12(2)9-14(8-11)15(17)10-13-5-3-4-6-16(13)18/h3-9,15H,10H2,1-2H3. The SMILES string of the molecule is Cc1cc(C)cc(C(Br)Cc2ccccc2Cl)c1. The number of rotatable bonds is 3. The Bertz CT molecular complexity index is 528. The molecule has 0 saturated heterocycles. The van der Waals surface area contributed by atoms with E-state index in [1.54, 1.807) is 0 Å². The molecule has 0 aliphatic rings. The van der Waals surface area contributed by atoms with Crippen molar-refractivity contribution in [2.24, 2.45) is 0 Å². The lowest BCUT2D eigenvalue weighted by Gasteiger charge is -2.13. The molecule has 0 radical (unpaired) electrons. The normalized spacial score (nSPS) is 12.4. The molecule has 2 heteroatoms. The van der Waals surface area contributed by atoms with Gasteiger partial charge in [0.2, 0.25) is 0 Å². The first-order valence-corrected chi connectivity index (χ1v) is 7.31. The summed E-state index contributed by atoms with van der Waals surface area (Å²) >= 11 is 9.96. The summed E-state index contributed by atoms with van der Waals surface area (Å²) in [6, 6.07) is 14.7. The molecule has 0 nitrogen and oxygen atoms in total. The Labute approximate surface area is 122 Å². The minimum absolute atomic E-state index is 0.302. The number of hydrogen-bond acceptors (Lipinski definition) is 0. The summed E-state index contributed by atoms with van der Waals surface area (Å²) in [6.07, 6.45) is 0.905.